The lowest BCUT2D eigenvalue weighted by Gasteiger charge is -2.31. The Bertz CT molecular complexity index is 627. The normalized spacial score (nSPS) is 27.3. The molecule has 0 bridgehead atoms. The van der Waals surface area contributed by atoms with Crippen LogP contribution in [-0.4, -0.2) is 22.3 Å². The third-order valence-corrected chi connectivity index (χ3v) is 4.90. The van der Waals surface area contributed by atoms with Crippen molar-refractivity contribution in [2.45, 2.75) is 37.8 Å². The second-order valence-electron chi connectivity index (χ2n) is 5.25. The van der Waals surface area contributed by atoms with Crippen molar-refractivity contribution in [3.8, 4) is 0 Å². The molecular formula is C14H16BrClN2O. The summed E-state index contributed by atoms with van der Waals surface area (Å²) in [6, 6.07) is 6.17. The van der Waals surface area contributed by atoms with Gasteiger partial charge in [-0.15, -0.1) is 11.6 Å². The second-order valence-corrected chi connectivity index (χ2v) is 6.43. The lowest BCUT2D eigenvalue weighted by molar-refractivity contribution is 0.0766. The number of rotatable bonds is 2. The fraction of sp³-hybridized carbons (Fsp3) is 0.500. The maximum atomic E-state index is 6.10. The summed E-state index contributed by atoms with van der Waals surface area (Å²) >= 11 is 9.59. The van der Waals surface area contributed by atoms with E-state index in [1.54, 1.807) is 0 Å². The first kappa shape index (κ1) is 13.4. The molecule has 0 aliphatic carbocycles. The molecule has 2 aromatic rings. The van der Waals surface area contributed by atoms with Crippen LogP contribution >= 0.6 is 27.5 Å². The molecule has 5 heteroatoms. The van der Waals surface area contributed by atoms with Crippen LogP contribution in [0, 0.1) is 0 Å². The van der Waals surface area contributed by atoms with Crippen LogP contribution in [0.2, 0.25) is 0 Å². The molecule has 19 heavy (non-hydrogen) atoms. The highest BCUT2D eigenvalue weighted by molar-refractivity contribution is 9.10. The van der Waals surface area contributed by atoms with E-state index in [-0.39, 0.29) is 11.6 Å². The van der Waals surface area contributed by atoms with Crippen LogP contribution in [0.1, 0.15) is 26.1 Å². The lowest BCUT2D eigenvalue weighted by atomic mass is 9.93. The quantitative estimate of drug-likeness (QED) is 0.769. The molecule has 1 fully saturated rings. The van der Waals surface area contributed by atoms with Crippen molar-refractivity contribution < 1.29 is 4.74 Å². The van der Waals surface area contributed by atoms with E-state index in [0.29, 0.717) is 5.88 Å². The maximum absolute atomic E-state index is 6.10. The van der Waals surface area contributed by atoms with Gasteiger partial charge in [-0.2, -0.15) is 0 Å². The van der Waals surface area contributed by atoms with Gasteiger partial charge in [0.1, 0.15) is 5.82 Å². The van der Waals surface area contributed by atoms with Crippen molar-refractivity contribution in [1.29, 1.82) is 0 Å². The Morgan fingerprint density at radius 2 is 2.37 bits per heavy atom. The smallest absolute Gasteiger partial charge is 0.125 e. The van der Waals surface area contributed by atoms with Crippen LogP contribution in [0.25, 0.3) is 11.0 Å². The molecule has 2 unspecified atom stereocenters. The molecule has 0 amide bonds. The number of halogens is 2. The van der Waals surface area contributed by atoms with Gasteiger partial charge >= 0.3 is 0 Å². The van der Waals surface area contributed by atoms with Crippen molar-refractivity contribution in [2.24, 2.45) is 0 Å². The van der Waals surface area contributed by atoms with Crippen LogP contribution in [-0.2, 0) is 16.2 Å². The highest BCUT2D eigenvalue weighted by atomic mass is 79.9. The molecule has 2 heterocycles. The zero-order valence-corrected chi connectivity index (χ0v) is 13.3. The van der Waals surface area contributed by atoms with E-state index >= 15 is 0 Å². The Morgan fingerprint density at radius 3 is 3.00 bits per heavy atom. The summed E-state index contributed by atoms with van der Waals surface area (Å²) in [5.41, 5.74) is 2.02. The molecular weight excluding hydrogens is 328 g/mol. The first-order valence-electron chi connectivity index (χ1n) is 6.41. The van der Waals surface area contributed by atoms with Gasteiger partial charge < -0.3 is 9.30 Å². The number of alkyl halides is 1. The minimum Gasteiger partial charge on any atom is -0.376 e. The molecule has 0 saturated carbocycles. The third-order valence-electron chi connectivity index (χ3n) is 4.17. The fourth-order valence-electron chi connectivity index (χ4n) is 2.88. The number of benzene rings is 1. The van der Waals surface area contributed by atoms with Crippen molar-refractivity contribution >= 4 is 38.6 Å². The minimum atomic E-state index is -0.0766. The average molecular weight is 344 g/mol. The lowest BCUT2D eigenvalue weighted by Crippen LogP contribution is -2.37. The Hall–Kier alpha value is -0.580. The zero-order valence-electron chi connectivity index (χ0n) is 11.0. The minimum absolute atomic E-state index is 0.0766. The van der Waals surface area contributed by atoms with Gasteiger partial charge in [0.05, 0.1) is 28.6 Å². The molecule has 102 valence electrons. The number of ether oxygens (including phenoxy) is 1. The molecule has 3 nitrogen and oxygen atoms in total. The van der Waals surface area contributed by atoms with Gasteiger partial charge in [0, 0.05) is 11.1 Å². The first-order valence-corrected chi connectivity index (χ1v) is 7.74. The number of aromatic nitrogens is 2. The van der Waals surface area contributed by atoms with Crippen molar-refractivity contribution in [3.05, 3.63) is 28.5 Å². The van der Waals surface area contributed by atoms with Gasteiger partial charge in [0.2, 0.25) is 0 Å². The zero-order chi connectivity index (χ0) is 13.6. The number of fused-ring (bicyclic) bond motifs is 1. The molecule has 3 rings (SSSR count). The van der Waals surface area contributed by atoms with E-state index in [9.17, 15) is 0 Å². The molecule has 0 N–H and O–H groups in total. The van der Waals surface area contributed by atoms with Crippen molar-refractivity contribution in [3.63, 3.8) is 0 Å². The average Bonchev–Trinajstić information content (AvgIpc) is 2.91. The van der Waals surface area contributed by atoms with Crippen LogP contribution < -0.4 is 0 Å². The Morgan fingerprint density at radius 1 is 1.58 bits per heavy atom. The number of hydrogen-bond donors (Lipinski definition) is 0. The van der Waals surface area contributed by atoms with Gasteiger partial charge in [-0.25, -0.2) is 4.98 Å². The fourth-order valence-corrected chi connectivity index (χ4v) is 3.41. The van der Waals surface area contributed by atoms with Crippen LogP contribution in [0.4, 0.5) is 0 Å². The summed E-state index contributed by atoms with van der Waals surface area (Å²) in [7, 11) is 0. The van der Waals surface area contributed by atoms with Crippen LogP contribution in [0.15, 0.2) is 22.7 Å². The second kappa shape index (κ2) is 4.76. The van der Waals surface area contributed by atoms with Gasteiger partial charge in [0.25, 0.3) is 0 Å². The van der Waals surface area contributed by atoms with E-state index in [1.165, 1.54) is 0 Å². The van der Waals surface area contributed by atoms with Gasteiger partial charge in [-0.05, 0) is 38.5 Å². The first-order chi connectivity index (χ1) is 9.06. The van der Waals surface area contributed by atoms with Gasteiger partial charge in [-0.1, -0.05) is 15.9 Å². The Kier molecular flexibility index (Phi) is 3.36. The van der Waals surface area contributed by atoms with E-state index in [4.69, 9.17) is 16.3 Å². The highest BCUT2D eigenvalue weighted by Gasteiger charge is 2.40. The van der Waals surface area contributed by atoms with Crippen LogP contribution in [0.3, 0.4) is 0 Å². The largest absolute Gasteiger partial charge is 0.376 e. The SMILES string of the molecule is CC1OCCC1(C)n1c(CCl)nc2cc(Br)ccc21. The summed E-state index contributed by atoms with van der Waals surface area (Å²) < 4.78 is 9.06. The molecule has 1 aliphatic heterocycles. The summed E-state index contributed by atoms with van der Waals surface area (Å²) in [5.74, 6) is 1.32. The Labute approximate surface area is 126 Å². The Balaban J connectivity index is 2.27. The maximum Gasteiger partial charge on any atom is 0.125 e. The standard InChI is InChI=1S/C14H16BrClN2O/c1-9-14(2,5-6-19-9)18-12-4-3-10(15)7-11(12)17-13(18)8-16/h3-4,7,9H,5-6,8H2,1-2H3. The monoisotopic (exact) mass is 342 g/mol. The summed E-state index contributed by atoms with van der Waals surface area (Å²) in [4.78, 5) is 4.66. The molecule has 2 atom stereocenters. The molecule has 1 aromatic carbocycles. The highest BCUT2D eigenvalue weighted by Crippen LogP contribution is 2.37. The van der Waals surface area contributed by atoms with Crippen molar-refractivity contribution in [2.75, 3.05) is 6.61 Å². The van der Waals surface area contributed by atoms with Crippen molar-refractivity contribution in [1.82, 2.24) is 9.55 Å². The van der Waals surface area contributed by atoms with E-state index in [1.807, 2.05) is 12.1 Å². The number of imidazole rings is 1. The molecule has 1 saturated heterocycles. The number of nitrogens with zero attached hydrogens (tertiary/aromatic N) is 2. The summed E-state index contributed by atoms with van der Waals surface area (Å²) in [6.45, 7) is 5.13. The third kappa shape index (κ3) is 2.01. The predicted octanol–water partition coefficient (Wildman–Crippen LogP) is 4.06. The molecule has 1 aliphatic rings. The summed E-state index contributed by atoms with van der Waals surface area (Å²) in [5, 5.41) is 0. The van der Waals surface area contributed by atoms with E-state index in [2.05, 4.69) is 45.4 Å². The van der Waals surface area contributed by atoms with Crippen LogP contribution in [0.5, 0.6) is 0 Å². The molecule has 0 radical (unpaired) electrons. The van der Waals surface area contributed by atoms with E-state index in [0.717, 1.165) is 34.4 Å². The molecule has 0 spiro atoms. The van der Waals surface area contributed by atoms with Gasteiger partial charge in [0.15, 0.2) is 0 Å². The predicted molar refractivity (Wildman–Crippen MR) is 80.7 cm³/mol. The van der Waals surface area contributed by atoms with E-state index < -0.39 is 0 Å². The van der Waals surface area contributed by atoms with Gasteiger partial charge in [-0.3, -0.25) is 0 Å². The number of hydrogen-bond acceptors (Lipinski definition) is 2. The molecule has 1 aromatic heterocycles. The topological polar surface area (TPSA) is 27.1 Å². The summed E-state index contributed by atoms with van der Waals surface area (Å²) in [6.07, 6.45) is 1.15.